The zero-order valence-corrected chi connectivity index (χ0v) is 15.1. The molecule has 21 heavy (non-hydrogen) atoms. The summed E-state index contributed by atoms with van der Waals surface area (Å²) >= 11 is 13.4. The van der Waals surface area contributed by atoms with Crippen molar-refractivity contribution in [2.24, 2.45) is 5.73 Å². The Balaban J connectivity index is 2.49. The Morgan fingerprint density at radius 2 is 2.43 bits per heavy atom. The van der Waals surface area contributed by atoms with Gasteiger partial charge in [0.25, 0.3) is 0 Å². The van der Waals surface area contributed by atoms with Gasteiger partial charge in [0.1, 0.15) is 5.54 Å². The van der Waals surface area contributed by atoms with E-state index in [1.165, 1.54) is 0 Å². The smallest absolute Gasteiger partial charge is 0.164 e. The molecule has 0 bridgehead atoms. The number of rotatable bonds is 4. The van der Waals surface area contributed by atoms with Gasteiger partial charge in [0.15, 0.2) is 5.11 Å². The van der Waals surface area contributed by atoms with Crippen LogP contribution in [0.15, 0.2) is 36.3 Å². The van der Waals surface area contributed by atoms with E-state index < -0.39 is 5.54 Å². The second-order valence-corrected chi connectivity index (χ2v) is 6.44. The minimum atomic E-state index is -0.646. The van der Waals surface area contributed by atoms with E-state index in [-0.39, 0.29) is 5.11 Å². The van der Waals surface area contributed by atoms with Crippen LogP contribution in [0.5, 0.6) is 0 Å². The first-order valence-electron chi connectivity index (χ1n) is 6.38. The Labute approximate surface area is 147 Å². The molecule has 1 unspecified atom stereocenters. The molecule has 2 rings (SSSR count). The Morgan fingerprint density at radius 3 is 3.10 bits per heavy atom. The van der Waals surface area contributed by atoms with Gasteiger partial charge in [-0.2, -0.15) is 0 Å². The van der Waals surface area contributed by atoms with Gasteiger partial charge in [0.2, 0.25) is 0 Å². The molecule has 0 spiro atoms. The van der Waals surface area contributed by atoms with Gasteiger partial charge in [-0.15, -0.1) is 0 Å². The van der Waals surface area contributed by atoms with Crippen LogP contribution in [-0.4, -0.2) is 16.7 Å². The van der Waals surface area contributed by atoms with Crippen LogP contribution in [0.25, 0.3) is 0 Å². The third-order valence-corrected chi connectivity index (χ3v) is 4.88. The molecule has 112 valence electrons. The second-order valence-electron chi connectivity index (χ2n) is 4.52. The fourth-order valence-corrected chi connectivity index (χ4v) is 3.38. The van der Waals surface area contributed by atoms with Crippen LogP contribution >= 0.6 is 46.4 Å². The number of aromatic nitrogens is 1. The maximum absolute atomic E-state index is 6.22. The van der Waals surface area contributed by atoms with Crippen molar-refractivity contribution in [3.63, 3.8) is 0 Å². The van der Waals surface area contributed by atoms with Gasteiger partial charge in [0, 0.05) is 12.6 Å². The fourth-order valence-electron chi connectivity index (χ4n) is 2.26. The number of pyridine rings is 1. The summed E-state index contributed by atoms with van der Waals surface area (Å²) in [7, 11) is 0. The first-order valence-corrected chi connectivity index (χ1v) is 8.24. The predicted molar refractivity (Wildman–Crippen MR) is 97.0 cm³/mol. The van der Waals surface area contributed by atoms with E-state index in [1.807, 2.05) is 25.2 Å². The fraction of sp³-hybridized carbons (Fsp3) is 0.286. The van der Waals surface area contributed by atoms with Crippen molar-refractivity contribution in [2.45, 2.75) is 18.9 Å². The number of hydrogen-bond acceptors (Lipinski definition) is 3. The summed E-state index contributed by atoms with van der Waals surface area (Å²) < 4.78 is 6.50. The summed E-state index contributed by atoms with van der Waals surface area (Å²) in [6, 6.07) is 1.76. The molecule has 0 saturated heterocycles. The minimum Gasteiger partial charge on any atom is -0.498 e. The number of nitrogens with zero attached hydrogens (tertiary/aromatic N) is 1. The van der Waals surface area contributed by atoms with Crippen LogP contribution in [-0.2, 0) is 10.3 Å². The number of hydrogen-bond donors (Lipinski definition) is 2. The number of ether oxygens (including phenoxy) is 1. The van der Waals surface area contributed by atoms with Crippen LogP contribution in [0.1, 0.15) is 19.0 Å². The maximum Gasteiger partial charge on any atom is 0.164 e. The number of allylic oxidation sites excluding steroid dienone is 2. The molecule has 0 aliphatic heterocycles. The molecule has 1 aromatic rings. The lowest BCUT2D eigenvalue weighted by atomic mass is 9.86. The van der Waals surface area contributed by atoms with Gasteiger partial charge in [0.05, 0.1) is 26.7 Å². The van der Waals surface area contributed by atoms with E-state index in [9.17, 15) is 0 Å². The van der Waals surface area contributed by atoms with Gasteiger partial charge in [-0.3, -0.25) is 4.98 Å². The summed E-state index contributed by atoms with van der Waals surface area (Å²) in [5.74, 6) is 0.848. The van der Waals surface area contributed by atoms with Crippen molar-refractivity contribution in [3.8, 4) is 0 Å². The molecule has 1 aromatic heterocycles. The molecule has 4 nitrogen and oxygen atoms in total. The van der Waals surface area contributed by atoms with Crippen molar-refractivity contribution >= 4 is 51.5 Å². The minimum absolute atomic E-state index is 0.204. The summed E-state index contributed by atoms with van der Waals surface area (Å²) in [5, 5.41) is 3.99. The van der Waals surface area contributed by atoms with Gasteiger partial charge >= 0.3 is 0 Å². The normalized spacial score (nSPS) is 20.8. The van der Waals surface area contributed by atoms with Crippen molar-refractivity contribution in [1.82, 2.24) is 10.3 Å². The zero-order valence-electron chi connectivity index (χ0n) is 11.4. The molecule has 3 N–H and O–H groups in total. The van der Waals surface area contributed by atoms with E-state index in [0.29, 0.717) is 18.1 Å². The summed E-state index contributed by atoms with van der Waals surface area (Å²) in [6.45, 7) is 2.55. The van der Waals surface area contributed by atoms with Crippen molar-refractivity contribution in [1.29, 1.82) is 0 Å². The standard InChI is InChI=1S/C14H15ClIN3OS/c1-2-20-9-4-3-6-14(8-9,19-13(17)21)12-11(16)10(15)5-7-18-12/h3-7H,2,8H2,1H3,(H3,17,19,21). The molecule has 0 radical (unpaired) electrons. The lowest BCUT2D eigenvalue weighted by molar-refractivity contribution is 0.200. The molecule has 0 amide bonds. The van der Waals surface area contributed by atoms with E-state index in [2.05, 4.69) is 32.9 Å². The lowest BCUT2D eigenvalue weighted by Gasteiger charge is -2.35. The monoisotopic (exact) mass is 435 g/mol. The Kier molecular flexibility index (Phi) is 5.45. The van der Waals surface area contributed by atoms with E-state index in [4.69, 9.17) is 34.3 Å². The quantitative estimate of drug-likeness (QED) is 0.562. The summed E-state index contributed by atoms with van der Waals surface area (Å²) in [5.41, 5.74) is 5.85. The summed E-state index contributed by atoms with van der Waals surface area (Å²) in [6.07, 6.45) is 8.07. The number of nitrogens with one attached hydrogen (secondary N) is 1. The highest BCUT2D eigenvalue weighted by molar-refractivity contribution is 14.1. The Hall–Kier alpha value is -0.860. The van der Waals surface area contributed by atoms with E-state index in [0.717, 1.165) is 15.0 Å². The molecule has 0 saturated carbocycles. The highest BCUT2D eigenvalue weighted by Gasteiger charge is 2.36. The molecule has 0 aromatic carbocycles. The van der Waals surface area contributed by atoms with Gasteiger partial charge in [-0.05, 0) is 53.9 Å². The van der Waals surface area contributed by atoms with Gasteiger partial charge < -0.3 is 15.8 Å². The average Bonchev–Trinajstić information content (AvgIpc) is 2.41. The number of thiocarbonyl (C=S) groups is 1. The first kappa shape index (κ1) is 16.5. The largest absolute Gasteiger partial charge is 0.498 e. The second kappa shape index (κ2) is 6.93. The molecular formula is C14H15ClIN3OS. The molecule has 0 fully saturated rings. The van der Waals surface area contributed by atoms with Crippen LogP contribution in [0.4, 0.5) is 0 Å². The highest BCUT2D eigenvalue weighted by Crippen LogP contribution is 2.36. The van der Waals surface area contributed by atoms with Crippen LogP contribution in [0, 0.1) is 3.57 Å². The molecule has 7 heteroatoms. The first-order chi connectivity index (χ1) is 9.98. The molecular weight excluding hydrogens is 421 g/mol. The van der Waals surface area contributed by atoms with Crippen LogP contribution in [0.3, 0.4) is 0 Å². The highest BCUT2D eigenvalue weighted by atomic mass is 127. The topological polar surface area (TPSA) is 60.2 Å². The van der Waals surface area contributed by atoms with Gasteiger partial charge in [-0.1, -0.05) is 23.8 Å². The van der Waals surface area contributed by atoms with Crippen molar-refractivity contribution in [2.75, 3.05) is 6.61 Å². The average molecular weight is 436 g/mol. The van der Waals surface area contributed by atoms with Crippen LogP contribution in [0.2, 0.25) is 5.02 Å². The molecule has 1 aliphatic carbocycles. The zero-order chi connectivity index (χ0) is 15.5. The third kappa shape index (κ3) is 3.67. The van der Waals surface area contributed by atoms with Crippen molar-refractivity contribution < 1.29 is 4.74 Å². The molecule has 1 aliphatic rings. The van der Waals surface area contributed by atoms with E-state index >= 15 is 0 Å². The Bertz CT molecular complexity index is 620. The molecule has 1 heterocycles. The van der Waals surface area contributed by atoms with Gasteiger partial charge in [-0.25, -0.2) is 0 Å². The SMILES string of the molecule is CCOC1=CC=CC(NC(N)=S)(c2nccc(Cl)c2I)C1. The predicted octanol–water partition coefficient (Wildman–Crippen LogP) is 3.25. The van der Waals surface area contributed by atoms with Crippen molar-refractivity contribution in [3.05, 3.63) is 50.5 Å². The van der Waals surface area contributed by atoms with E-state index in [1.54, 1.807) is 12.3 Å². The number of halogens is 2. The Morgan fingerprint density at radius 1 is 1.67 bits per heavy atom. The summed E-state index contributed by atoms with van der Waals surface area (Å²) in [4.78, 5) is 4.48. The number of nitrogens with two attached hydrogens (primary N) is 1. The third-order valence-electron chi connectivity index (χ3n) is 3.06. The lowest BCUT2D eigenvalue weighted by Crippen LogP contribution is -2.49. The molecule has 1 atom stereocenters. The maximum atomic E-state index is 6.22. The van der Waals surface area contributed by atoms with Crippen LogP contribution < -0.4 is 11.1 Å².